The average molecular weight is 483 g/mol. The van der Waals surface area contributed by atoms with Crippen molar-refractivity contribution in [2.75, 3.05) is 18.0 Å². The first-order valence-electron chi connectivity index (χ1n) is 12.0. The summed E-state index contributed by atoms with van der Waals surface area (Å²) in [7, 11) is 1.60. The van der Waals surface area contributed by atoms with E-state index in [-0.39, 0.29) is 17.8 Å². The van der Waals surface area contributed by atoms with Gasteiger partial charge in [0.25, 0.3) is 0 Å². The van der Waals surface area contributed by atoms with Crippen LogP contribution >= 0.6 is 0 Å². The average Bonchev–Trinajstić information content (AvgIpc) is 3.16. The van der Waals surface area contributed by atoms with E-state index in [9.17, 15) is 9.90 Å². The Labute approximate surface area is 205 Å². The van der Waals surface area contributed by atoms with Crippen molar-refractivity contribution < 1.29 is 14.3 Å². The fraction of sp³-hybridized carbons (Fsp3) is 0.259. The van der Waals surface area contributed by atoms with E-state index in [1.54, 1.807) is 19.3 Å². The third-order valence-corrected chi connectivity index (χ3v) is 7.73. The van der Waals surface area contributed by atoms with Gasteiger partial charge in [0.05, 0.1) is 34.2 Å². The van der Waals surface area contributed by atoms with Crippen molar-refractivity contribution in [3.63, 3.8) is 0 Å². The number of hydrogen-bond donors (Lipinski definition) is 1. The molecule has 36 heavy (non-hydrogen) atoms. The molecule has 1 saturated carbocycles. The number of hydrogen-bond acceptors (Lipinski definition) is 5. The second kappa shape index (κ2) is 7.36. The van der Waals surface area contributed by atoms with Gasteiger partial charge in [-0.1, -0.05) is 30.3 Å². The maximum atomic E-state index is 15.0. The molecule has 0 unspecified atom stereocenters. The first-order chi connectivity index (χ1) is 17.4. The second-order valence-corrected chi connectivity index (χ2v) is 9.82. The van der Waals surface area contributed by atoms with Crippen LogP contribution in [0.1, 0.15) is 5.56 Å². The summed E-state index contributed by atoms with van der Waals surface area (Å²) < 4.78 is 18.1. The molecule has 1 aliphatic carbocycles. The Morgan fingerprint density at radius 3 is 2.56 bits per heavy atom. The van der Waals surface area contributed by atoms with Crippen LogP contribution in [0.2, 0.25) is 0 Å². The first kappa shape index (κ1) is 21.0. The molecule has 4 heterocycles. The van der Waals surface area contributed by atoms with Crippen LogP contribution in [0, 0.1) is 30.6 Å². The molecule has 2 aromatic carbocycles. The number of fused-ring (bicyclic) bond motifs is 3. The molecule has 1 aliphatic heterocycles. The molecule has 5 aromatic rings. The van der Waals surface area contributed by atoms with Crippen LogP contribution in [0.15, 0.2) is 54.7 Å². The minimum Gasteiger partial charge on any atom is -0.481 e. The number of carboxylic acid groups (broad SMARTS) is 1. The summed E-state index contributed by atoms with van der Waals surface area (Å²) in [5, 5.41) is 19.9. The van der Waals surface area contributed by atoms with Gasteiger partial charge in [0.15, 0.2) is 0 Å². The van der Waals surface area contributed by atoms with Gasteiger partial charge in [0, 0.05) is 31.1 Å². The molecule has 7 rings (SSSR count). The number of aliphatic carboxylic acids is 1. The van der Waals surface area contributed by atoms with Crippen LogP contribution in [0.3, 0.4) is 0 Å². The Morgan fingerprint density at radius 2 is 1.83 bits per heavy atom. The van der Waals surface area contributed by atoms with Gasteiger partial charge in [0.2, 0.25) is 5.95 Å². The number of aryl methyl sites for hydroxylation is 2. The maximum absolute atomic E-state index is 15.0. The van der Waals surface area contributed by atoms with Crippen molar-refractivity contribution in [1.82, 2.24) is 24.5 Å². The SMILES string of the molecule is Cc1cccc2c(-c3cccc4nn(C)c(F)c34)nn(-c3ccc(N4C[C@@H]5[C@H](C4)[C@@H]5C(=O)O)nc3)c12. The number of benzene rings is 2. The molecule has 0 bridgehead atoms. The molecular formula is C27H23FN6O2. The van der Waals surface area contributed by atoms with E-state index in [0.29, 0.717) is 22.2 Å². The Balaban J connectivity index is 1.30. The van der Waals surface area contributed by atoms with Gasteiger partial charge in [-0.15, -0.1) is 0 Å². The summed E-state index contributed by atoms with van der Waals surface area (Å²) >= 11 is 0. The highest BCUT2D eigenvalue weighted by Crippen LogP contribution is 2.52. The predicted octanol–water partition coefficient (Wildman–Crippen LogP) is 4.19. The summed E-state index contributed by atoms with van der Waals surface area (Å²) in [6.45, 7) is 3.48. The number of halogens is 1. The van der Waals surface area contributed by atoms with Gasteiger partial charge in [0.1, 0.15) is 11.5 Å². The van der Waals surface area contributed by atoms with Gasteiger partial charge in [-0.2, -0.15) is 14.6 Å². The molecule has 9 heteroatoms. The highest BCUT2D eigenvalue weighted by atomic mass is 19.1. The molecule has 8 nitrogen and oxygen atoms in total. The van der Waals surface area contributed by atoms with Crippen LogP contribution in [0.5, 0.6) is 0 Å². The van der Waals surface area contributed by atoms with Crippen LogP contribution in [0.4, 0.5) is 10.2 Å². The number of para-hydroxylation sites is 1. The Bertz CT molecular complexity index is 1680. The summed E-state index contributed by atoms with van der Waals surface area (Å²) in [6, 6.07) is 15.5. The van der Waals surface area contributed by atoms with Crippen LogP contribution in [-0.2, 0) is 11.8 Å². The Kier molecular flexibility index (Phi) is 4.31. The fourth-order valence-corrected chi connectivity index (χ4v) is 5.90. The summed E-state index contributed by atoms with van der Waals surface area (Å²) in [5.74, 6) is -0.000810. The number of aromatic nitrogens is 5. The van der Waals surface area contributed by atoms with E-state index >= 15 is 4.39 Å². The number of rotatable bonds is 4. The summed E-state index contributed by atoms with van der Waals surface area (Å²) in [6.07, 6.45) is 1.79. The third kappa shape index (κ3) is 2.92. The van der Waals surface area contributed by atoms with Gasteiger partial charge < -0.3 is 10.0 Å². The summed E-state index contributed by atoms with van der Waals surface area (Å²) in [5.41, 5.74) is 4.76. The Hall–Kier alpha value is -4.27. The minimum atomic E-state index is -0.688. The standard InChI is InChI=1S/C27H23FN6O2/c1-14-5-3-7-17-24(16-6-4-8-20-23(16)26(28)32(2)30-20)31-34(25(14)17)15-9-10-21(29-11-15)33-12-18-19(13-33)22(18)27(35)36/h3-11,18-19,22H,12-13H2,1-2H3,(H,35,36)/t18-,19+,22-. The number of carboxylic acids is 1. The minimum absolute atomic E-state index is 0.202. The molecule has 2 fully saturated rings. The number of pyridine rings is 1. The zero-order chi connectivity index (χ0) is 24.7. The van der Waals surface area contributed by atoms with E-state index in [1.165, 1.54) is 4.68 Å². The van der Waals surface area contributed by atoms with Crippen molar-refractivity contribution in [3.05, 3.63) is 66.2 Å². The van der Waals surface area contributed by atoms with E-state index < -0.39 is 11.9 Å². The molecule has 1 N–H and O–H groups in total. The van der Waals surface area contributed by atoms with Gasteiger partial charge >= 0.3 is 5.97 Å². The molecule has 3 aromatic heterocycles. The molecule has 2 aliphatic rings. The topological polar surface area (TPSA) is 89.1 Å². The van der Waals surface area contributed by atoms with E-state index in [2.05, 4.69) is 10.00 Å². The third-order valence-electron chi connectivity index (χ3n) is 7.73. The lowest BCUT2D eigenvalue weighted by Gasteiger charge is -2.20. The van der Waals surface area contributed by atoms with E-state index in [1.807, 2.05) is 54.1 Å². The second-order valence-electron chi connectivity index (χ2n) is 9.82. The van der Waals surface area contributed by atoms with Crippen molar-refractivity contribution in [1.29, 1.82) is 0 Å². The largest absolute Gasteiger partial charge is 0.481 e. The van der Waals surface area contributed by atoms with E-state index in [0.717, 1.165) is 41.1 Å². The highest BCUT2D eigenvalue weighted by molar-refractivity contribution is 6.03. The maximum Gasteiger partial charge on any atom is 0.307 e. The fourth-order valence-electron chi connectivity index (χ4n) is 5.90. The van der Waals surface area contributed by atoms with Crippen molar-refractivity contribution in [2.24, 2.45) is 24.8 Å². The molecule has 0 amide bonds. The van der Waals surface area contributed by atoms with Crippen molar-refractivity contribution >= 4 is 33.6 Å². The highest BCUT2D eigenvalue weighted by Gasteiger charge is 2.60. The van der Waals surface area contributed by atoms with Crippen molar-refractivity contribution in [3.8, 4) is 16.9 Å². The lowest BCUT2D eigenvalue weighted by Crippen LogP contribution is -2.26. The molecule has 0 spiro atoms. The molecule has 1 saturated heterocycles. The Morgan fingerprint density at radius 1 is 1.06 bits per heavy atom. The lowest BCUT2D eigenvalue weighted by atomic mass is 10.0. The normalized spacial score (nSPS) is 20.9. The number of anilines is 1. The first-order valence-corrected chi connectivity index (χ1v) is 12.0. The molecular weight excluding hydrogens is 459 g/mol. The van der Waals surface area contributed by atoms with Gasteiger partial charge in [-0.25, -0.2) is 14.3 Å². The number of piperidine rings is 1. The molecule has 3 atom stereocenters. The zero-order valence-electron chi connectivity index (χ0n) is 19.8. The smallest absolute Gasteiger partial charge is 0.307 e. The van der Waals surface area contributed by atoms with Crippen LogP contribution < -0.4 is 4.90 Å². The monoisotopic (exact) mass is 482 g/mol. The molecule has 180 valence electrons. The van der Waals surface area contributed by atoms with Gasteiger partial charge in [-0.05, 0) is 42.5 Å². The van der Waals surface area contributed by atoms with Crippen LogP contribution in [-0.4, -0.2) is 48.7 Å². The van der Waals surface area contributed by atoms with E-state index in [4.69, 9.17) is 10.1 Å². The number of carbonyl (C=O) groups is 1. The quantitative estimate of drug-likeness (QED) is 0.413. The molecule has 0 radical (unpaired) electrons. The lowest BCUT2D eigenvalue weighted by molar-refractivity contribution is -0.139. The predicted molar refractivity (Wildman–Crippen MR) is 134 cm³/mol. The van der Waals surface area contributed by atoms with Crippen molar-refractivity contribution in [2.45, 2.75) is 6.92 Å². The van der Waals surface area contributed by atoms with Gasteiger partial charge in [-0.3, -0.25) is 4.79 Å². The summed E-state index contributed by atoms with van der Waals surface area (Å²) in [4.78, 5) is 18.1. The zero-order valence-corrected chi connectivity index (χ0v) is 19.8. The number of nitrogens with zero attached hydrogens (tertiary/aromatic N) is 6. The van der Waals surface area contributed by atoms with Crippen LogP contribution in [0.25, 0.3) is 38.8 Å².